The minimum absolute atomic E-state index is 0.104. The van der Waals surface area contributed by atoms with Crippen LogP contribution in [0.2, 0.25) is 0 Å². The first kappa shape index (κ1) is 14.5. The van der Waals surface area contributed by atoms with Crippen LogP contribution in [0.3, 0.4) is 0 Å². The highest BCUT2D eigenvalue weighted by Crippen LogP contribution is 2.31. The Bertz CT molecular complexity index is 817. The van der Waals surface area contributed by atoms with E-state index < -0.39 is 0 Å². The third-order valence-electron chi connectivity index (χ3n) is 3.95. The van der Waals surface area contributed by atoms with Gasteiger partial charge in [-0.05, 0) is 17.7 Å². The number of benzene rings is 2. The van der Waals surface area contributed by atoms with E-state index >= 15 is 0 Å². The molecule has 0 spiro atoms. The third kappa shape index (κ3) is 2.55. The summed E-state index contributed by atoms with van der Waals surface area (Å²) in [5.74, 6) is 0.154. The van der Waals surface area contributed by atoms with Gasteiger partial charge in [0.05, 0.1) is 6.61 Å². The summed E-state index contributed by atoms with van der Waals surface area (Å²) in [4.78, 5) is 11.9. The first-order valence-corrected chi connectivity index (χ1v) is 7.57. The van der Waals surface area contributed by atoms with Crippen LogP contribution in [0.15, 0.2) is 54.7 Å². The summed E-state index contributed by atoms with van der Waals surface area (Å²) in [5, 5.41) is 10.4. The molecule has 0 bridgehead atoms. The van der Waals surface area contributed by atoms with Crippen molar-refractivity contribution >= 4 is 16.7 Å². The first-order chi connectivity index (χ1) is 10.7. The maximum atomic E-state index is 11.9. The summed E-state index contributed by atoms with van der Waals surface area (Å²) in [6.45, 7) is 2.54. The Balaban J connectivity index is 2.16. The second kappa shape index (κ2) is 6.16. The molecule has 0 unspecified atom stereocenters. The zero-order chi connectivity index (χ0) is 15.5. The number of hydrogen-bond donors (Lipinski definition) is 1. The predicted molar refractivity (Wildman–Crippen MR) is 89.1 cm³/mol. The maximum absolute atomic E-state index is 11.9. The summed E-state index contributed by atoms with van der Waals surface area (Å²) in [5.41, 5.74) is 3.97. The van der Waals surface area contributed by atoms with Gasteiger partial charge in [0.15, 0.2) is 5.78 Å². The van der Waals surface area contributed by atoms with Crippen LogP contribution in [0.1, 0.15) is 23.7 Å². The molecular formula is C19H19NO2. The molecule has 0 aliphatic heterocycles. The van der Waals surface area contributed by atoms with Gasteiger partial charge in [-0.25, -0.2) is 0 Å². The molecular weight excluding hydrogens is 274 g/mol. The van der Waals surface area contributed by atoms with E-state index in [0.717, 1.165) is 27.6 Å². The van der Waals surface area contributed by atoms with Crippen molar-refractivity contribution in [3.63, 3.8) is 0 Å². The Morgan fingerprint density at radius 1 is 1.14 bits per heavy atom. The normalized spacial score (nSPS) is 11.0. The van der Waals surface area contributed by atoms with Gasteiger partial charge in [-0.2, -0.15) is 0 Å². The number of aromatic nitrogens is 1. The molecule has 3 heteroatoms. The molecule has 3 nitrogen and oxygen atoms in total. The molecule has 0 aliphatic rings. The van der Waals surface area contributed by atoms with Gasteiger partial charge in [0.1, 0.15) is 0 Å². The number of Topliss-reactive ketones (excluding diaryl/α,β-unsaturated/α-hetero) is 1. The number of para-hydroxylation sites is 1. The van der Waals surface area contributed by atoms with E-state index in [0.29, 0.717) is 13.0 Å². The summed E-state index contributed by atoms with van der Waals surface area (Å²) in [6, 6.07) is 15.9. The minimum atomic E-state index is 0.104. The van der Waals surface area contributed by atoms with Crippen molar-refractivity contribution in [1.29, 1.82) is 0 Å². The fourth-order valence-corrected chi connectivity index (χ4v) is 2.83. The molecule has 0 aliphatic carbocycles. The van der Waals surface area contributed by atoms with E-state index in [1.807, 2.05) is 43.3 Å². The fraction of sp³-hybridized carbons (Fsp3) is 0.211. The average Bonchev–Trinajstić information content (AvgIpc) is 2.94. The zero-order valence-electron chi connectivity index (χ0n) is 12.6. The molecule has 0 radical (unpaired) electrons. The summed E-state index contributed by atoms with van der Waals surface area (Å²) in [6.07, 6.45) is 2.56. The largest absolute Gasteiger partial charge is 0.395 e. The summed E-state index contributed by atoms with van der Waals surface area (Å²) < 4.78 is 2.05. The van der Waals surface area contributed by atoms with E-state index in [-0.39, 0.29) is 12.4 Å². The van der Waals surface area contributed by atoms with Crippen LogP contribution in [0.4, 0.5) is 0 Å². The number of hydrogen-bond acceptors (Lipinski definition) is 2. The topological polar surface area (TPSA) is 42.2 Å². The van der Waals surface area contributed by atoms with Crippen LogP contribution in [0.5, 0.6) is 0 Å². The summed E-state index contributed by atoms with van der Waals surface area (Å²) >= 11 is 0. The van der Waals surface area contributed by atoms with E-state index in [1.165, 1.54) is 0 Å². The number of nitrogens with zero attached hydrogens (tertiary/aromatic N) is 1. The number of aliphatic hydroxyl groups is 1. The van der Waals surface area contributed by atoms with Gasteiger partial charge in [0.2, 0.25) is 0 Å². The molecule has 3 rings (SSSR count). The third-order valence-corrected chi connectivity index (χ3v) is 3.95. The molecule has 2 aromatic carbocycles. The first-order valence-electron chi connectivity index (χ1n) is 7.57. The quantitative estimate of drug-likeness (QED) is 0.725. The second-order valence-electron chi connectivity index (χ2n) is 5.33. The predicted octanol–water partition coefficient (Wildman–Crippen LogP) is 3.89. The fourth-order valence-electron chi connectivity index (χ4n) is 2.83. The Labute approximate surface area is 129 Å². The van der Waals surface area contributed by atoms with Crippen molar-refractivity contribution in [2.24, 2.45) is 0 Å². The Hall–Kier alpha value is -2.39. The zero-order valence-corrected chi connectivity index (χ0v) is 12.6. The van der Waals surface area contributed by atoms with E-state index in [4.69, 9.17) is 0 Å². The number of fused-ring (bicyclic) bond motifs is 1. The van der Waals surface area contributed by atoms with Gasteiger partial charge >= 0.3 is 0 Å². The molecule has 22 heavy (non-hydrogen) atoms. The average molecular weight is 293 g/mol. The molecule has 0 amide bonds. The highest BCUT2D eigenvalue weighted by molar-refractivity contribution is 6.00. The lowest BCUT2D eigenvalue weighted by Gasteiger charge is -2.03. The summed E-state index contributed by atoms with van der Waals surface area (Å²) in [7, 11) is 0. The molecule has 1 heterocycles. The van der Waals surface area contributed by atoms with Crippen LogP contribution in [0, 0.1) is 0 Å². The van der Waals surface area contributed by atoms with Crippen molar-refractivity contribution in [3.8, 4) is 11.1 Å². The van der Waals surface area contributed by atoms with Crippen LogP contribution < -0.4 is 0 Å². The van der Waals surface area contributed by atoms with Crippen molar-refractivity contribution < 1.29 is 9.90 Å². The van der Waals surface area contributed by atoms with Crippen LogP contribution in [0.25, 0.3) is 22.0 Å². The van der Waals surface area contributed by atoms with Crippen LogP contribution in [-0.2, 0) is 6.54 Å². The van der Waals surface area contributed by atoms with Crippen LogP contribution in [-0.4, -0.2) is 22.1 Å². The number of carbonyl (C=O) groups excluding carboxylic acids is 1. The smallest absolute Gasteiger partial charge is 0.162 e. The number of aliphatic hydroxyl groups excluding tert-OH is 1. The molecule has 112 valence electrons. The lowest BCUT2D eigenvalue weighted by Crippen LogP contribution is -1.99. The SMILES string of the molecule is CCC(=O)c1cccc(-c2cn(CCO)c3ccccc23)c1. The molecule has 0 fully saturated rings. The van der Waals surface area contributed by atoms with Gasteiger partial charge in [-0.15, -0.1) is 0 Å². The van der Waals surface area contributed by atoms with Gasteiger partial charge in [0.25, 0.3) is 0 Å². The monoisotopic (exact) mass is 293 g/mol. The molecule has 1 aromatic heterocycles. The van der Waals surface area contributed by atoms with Gasteiger partial charge in [-0.3, -0.25) is 4.79 Å². The lowest BCUT2D eigenvalue weighted by molar-refractivity contribution is 0.0988. The van der Waals surface area contributed by atoms with Gasteiger partial charge in [-0.1, -0.05) is 43.3 Å². The van der Waals surface area contributed by atoms with Crippen molar-refractivity contribution in [3.05, 3.63) is 60.3 Å². The van der Waals surface area contributed by atoms with Crippen molar-refractivity contribution in [2.45, 2.75) is 19.9 Å². The molecule has 0 saturated carbocycles. The second-order valence-corrected chi connectivity index (χ2v) is 5.33. The highest BCUT2D eigenvalue weighted by atomic mass is 16.3. The maximum Gasteiger partial charge on any atom is 0.162 e. The molecule has 3 aromatic rings. The number of ketones is 1. The van der Waals surface area contributed by atoms with Crippen molar-refractivity contribution in [2.75, 3.05) is 6.61 Å². The minimum Gasteiger partial charge on any atom is -0.395 e. The Morgan fingerprint density at radius 2 is 1.95 bits per heavy atom. The van der Waals surface area contributed by atoms with E-state index in [1.54, 1.807) is 0 Å². The Morgan fingerprint density at radius 3 is 2.73 bits per heavy atom. The molecule has 0 atom stereocenters. The highest BCUT2D eigenvalue weighted by Gasteiger charge is 2.11. The Kier molecular flexibility index (Phi) is 4.07. The van der Waals surface area contributed by atoms with E-state index in [9.17, 15) is 9.90 Å². The molecule has 1 N–H and O–H groups in total. The van der Waals surface area contributed by atoms with Crippen LogP contribution >= 0.6 is 0 Å². The lowest BCUT2D eigenvalue weighted by atomic mass is 10.00. The molecule has 0 saturated heterocycles. The van der Waals surface area contributed by atoms with Gasteiger partial charge in [0, 0.05) is 41.2 Å². The number of rotatable bonds is 5. The number of carbonyl (C=O) groups is 1. The van der Waals surface area contributed by atoms with E-state index in [2.05, 4.69) is 22.9 Å². The van der Waals surface area contributed by atoms with Gasteiger partial charge < -0.3 is 9.67 Å². The van der Waals surface area contributed by atoms with Crippen molar-refractivity contribution in [1.82, 2.24) is 4.57 Å². The standard InChI is InChI=1S/C19H19NO2/c1-2-19(22)15-7-5-6-14(12-15)17-13-20(10-11-21)18-9-4-3-8-16(17)18/h3-9,12-13,21H,2,10-11H2,1H3.